The van der Waals surface area contributed by atoms with Gasteiger partial charge in [0.05, 0.1) is 12.2 Å². The minimum atomic E-state index is 0.255. The molecule has 1 aromatic heterocycles. The van der Waals surface area contributed by atoms with Crippen molar-refractivity contribution in [3.8, 4) is 0 Å². The fraction of sp³-hybridized carbons (Fsp3) is 0.750. The van der Waals surface area contributed by atoms with E-state index in [0.29, 0.717) is 19.0 Å². The fourth-order valence-electron chi connectivity index (χ4n) is 4.32. The van der Waals surface area contributed by atoms with Gasteiger partial charge < -0.3 is 10.2 Å². The molecule has 142 valence electrons. The van der Waals surface area contributed by atoms with Crippen LogP contribution in [-0.2, 0) is 17.8 Å². The third-order valence-corrected chi connectivity index (χ3v) is 6.20. The van der Waals surface area contributed by atoms with E-state index in [1.807, 2.05) is 11.1 Å². The van der Waals surface area contributed by atoms with Gasteiger partial charge in [0.2, 0.25) is 5.91 Å². The summed E-state index contributed by atoms with van der Waals surface area (Å²) in [6, 6.07) is 0. The molecule has 0 radical (unpaired) electrons. The van der Waals surface area contributed by atoms with Gasteiger partial charge in [-0.05, 0) is 51.2 Å². The van der Waals surface area contributed by atoms with Gasteiger partial charge in [-0.2, -0.15) is 0 Å². The van der Waals surface area contributed by atoms with Crippen molar-refractivity contribution in [2.24, 2.45) is 5.92 Å². The predicted molar refractivity (Wildman–Crippen MR) is 101 cm³/mol. The number of hydrogen-bond acceptors (Lipinski definition) is 5. The summed E-state index contributed by atoms with van der Waals surface area (Å²) in [7, 11) is 0. The van der Waals surface area contributed by atoms with E-state index >= 15 is 0 Å². The second-order valence-corrected chi connectivity index (χ2v) is 8.27. The number of nitrogens with one attached hydrogen (secondary N) is 1. The van der Waals surface area contributed by atoms with E-state index in [1.54, 1.807) is 0 Å². The first kappa shape index (κ1) is 17.9. The van der Waals surface area contributed by atoms with Crippen LogP contribution in [0.25, 0.3) is 0 Å². The standard InChI is InChI=1S/C20H31N5O/c1-15-4-8-24(9-5-15)14-19(26)25-10-6-18-17(13-25)12-22-20(23-18)16-3-2-7-21-11-16/h12,15-16,21H,2-11,13-14H2,1H3/t16-/m0/s1. The van der Waals surface area contributed by atoms with Crippen LogP contribution in [0.2, 0.25) is 0 Å². The van der Waals surface area contributed by atoms with Crippen molar-refractivity contribution >= 4 is 5.91 Å². The molecule has 4 heterocycles. The number of aromatic nitrogens is 2. The lowest BCUT2D eigenvalue weighted by Gasteiger charge is -2.33. The summed E-state index contributed by atoms with van der Waals surface area (Å²) in [5.74, 6) is 2.48. The van der Waals surface area contributed by atoms with Gasteiger partial charge in [0, 0.05) is 43.7 Å². The van der Waals surface area contributed by atoms with E-state index < -0.39 is 0 Å². The summed E-state index contributed by atoms with van der Waals surface area (Å²) in [6.07, 6.45) is 7.61. The molecule has 4 rings (SSSR count). The Labute approximate surface area is 156 Å². The fourth-order valence-corrected chi connectivity index (χ4v) is 4.32. The highest BCUT2D eigenvalue weighted by molar-refractivity contribution is 5.78. The first-order valence-corrected chi connectivity index (χ1v) is 10.2. The number of nitrogens with zero attached hydrogens (tertiary/aromatic N) is 4. The smallest absolute Gasteiger partial charge is 0.237 e. The second-order valence-electron chi connectivity index (χ2n) is 8.27. The minimum absolute atomic E-state index is 0.255. The number of fused-ring (bicyclic) bond motifs is 1. The van der Waals surface area contributed by atoms with E-state index in [4.69, 9.17) is 4.98 Å². The minimum Gasteiger partial charge on any atom is -0.337 e. The first-order chi connectivity index (χ1) is 12.7. The highest BCUT2D eigenvalue weighted by Gasteiger charge is 2.26. The molecule has 3 aliphatic rings. The summed E-state index contributed by atoms with van der Waals surface area (Å²) in [5.41, 5.74) is 2.28. The van der Waals surface area contributed by atoms with Gasteiger partial charge >= 0.3 is 0 Å². The number of carbonyl (C=O) groups excluding carboxylic acids is 1. The second kappa shape index (κ2) is 8.01. The molecule has 1 atom stereocenters. The zero-order chi connectivity index (χ0) is 17.9. The molecule has 0 unspecified atom stereocenters. The number of likely N-dealkylation sites (tertiary alicyclic amines) is 1. The van der Waals surface area contributed by atoms with Gasteiger partial charge in [-0.25, -0.2) is 9.97 Å². The average molecular weight is 358 g/mol. The van der Waals surface area contributed by atoms with Crippen molar-refractivity contribution in [3.63, 3.8) is 0 Å². The molecule has 1 aromatic rings. The number of piperidine rings is 2. The molecule has 6 heteroatoms. The summed E-state index contributed by atoms with van der Waals surface area (Å²) in [4.78, 5) is 26.5. The Balaban J connectivity index is 1.36. The van der Waals surface area contributed by atoms with Crippen LogP contribution in [0.4, 0.5) is 0 Å². The normalized spacial score (nSPS) is 25.1. The highest BCUT2D eigenvalue weighted by Crippen LogP contribution is 2.23. The van der Waals surface area contributed by atoms with Crippen LogP contribution < -0.4 is 5.32 Å². The Bertz CT molecular complexity index is 635. The van der Waals surface area contributed by atoms with Crippen molar-refractivity contribution < 1.29 is 4.79 Å². The van der Waals surface area contributed by atoms with Crippen LogP contribution in [0, 0.1) is 5.92 Å². The lowest BCUT2D eigenvalue weighted by Crippen LogP contribution is -2.45. The van der Waals surface area contributed by atoms with E-state index in [1.165, 1.54) is 25.7 Å². The molecule has 0 spiro atoms. The molecule has 0 bridgehead atoms. The van der Waals surface area contributed by atoms with Crippen LogP contribution in [0.15, 0.2) is 6.20 Å². The van der Waals surface area contributed by atoms with Crippen LogP contribution >= 0.6 is 0 Å². The number of rotatable bonds is 3. The molecule has 26 heavy (non-hydrogen) atoms. The third-order valence-electron chi connectivity index (χ3n) is 6.20. The first-order valence-electron chi connectivity index (χ1n) is 10.2. The summed E-state index contributed by atoms with van der Waals surface area (Å²) < 4.78 is 0. The van der Waals surface area contributed by atoms with Crippen LogP contribution in [0.3, 0.4) is 0 Å². The van der Waals surface area contributed by atoms with Crippen LogP contribution in [0.1, 0.15) is 55.6 Å². The molecule has 6 nitrogen and oxygen atoms in total. The molecule has 3 aliphatic heterocycles. The summed E-state index contributed by atoms with van der Waals surface area (Å²) >= 11 is 0. The van der Waals surface area contributed by atoms with Crippen molar-refractivity contribution in [2.45, 2.75) is 51.5 Å². The maximum absolute atomic E-state index is 12.7. The Morgan fingerprint density at radius 1 is 1.27 bits per heavy atom. The van der Waals surface area contributed by atoms with Crippen molar-refractivity contribution in [3.05, 3.63) is 23.3 Å². The topological polar surface area (TPSA) is 61.4 Å². The third kappa shape index (κ3) is 4.07. The van der Waals surface area contributed by atoms with Crippen molar-refractivity contribution in [1.82, 2.24) is 25.1 Å². The maximum Gasteiger partial charge on any atom is 0.237 e. The van der Waals surface area contributed by atoms with Gasteiger partial charge in [0.25, 0.3) is 0 Å². The van der Waals surface area contributed by atoms with Crippen LogP contribution in [-0.4, -0.2) is 64.9 Å². The molecule has 2 fully saturated rings. The molecule has 1 amide bonds. The molecule has 2 saturated heterocycles. The Morgan fingerprint density at radius 3 is 2.88 bits per heavy atom. The van der Waals surface area contributed by atoms with Gasteiger partial charge in [0.1, 0.15) is 5.82 Å². The van der Waals surface area contributed by atoms with E-state index in [-0.39, 0.29) is 5.91 Å². The van der Waals surface area contributed by atoms with Crippen molar-refractivity contribution in [2.75, 3.05) is 39.3 Å². The predicted octanol–water partition coefficient (Wildman–Crippen LogP) is 1.56. The van der Waals surface area contributed by atoms with Crippen LogP contribution in [0.5, 0.6) is 0 Å². The quantitative estimate of drug-likeness (QED) is 0.890. The molecule has 0 aromatic carbocycles. The highest BCUT2D eigenvalue weighted by atomic mass is 16.2. The van der Waals surface area contributed by atoms with E-state index in [9.17, 15) is 4.79 Å². The van der Waals surface area contributed by atoms with E-state index in [0.717, 1.165) is 62.1 Å². The number of carbonyl (C=O) groups is 1. The average Bonchev–Trinajstić information content (AvgIpc) is 2.69. The van der Waals surface area contributed by atoms with Gasteiger partial charge in [0.15, 0.2) is 0 Å². The Kier molecular flexibility index (Phi) is 5.50. The zero-order valence-corrected chi connectivity index (χ0v) is 15.9. The number of hydrogen-bond donors (Lipinski definition) is 1. The Morgan fingerprint density at radius 2 is 2.12 bits per heavy atom. The molecular formula is C20H31N5O. The molecule has 0 aliphatic carbocycles. The summed E-state index contributed by atoms with van der Waals surface area (Å²) in [6.45, 7) is 8.52. The van der Waals surface area contributed by atoms with Crippen molar-refractivity contribution in [1.29, 1.82) is 0 Å². The monoisotopic (exact) mass is 357 g/mol. The maximum atomic E-state index is 12.7. The number of amides is 1. The SMILES string of the molecule is CC1CCN(CC(=O)N2CCc3nc([C@H]4CCCNC4)ncc3C2)CC1. The van der Waals surface area contributed by atoms with Gasteiger partial charge in [-0.1, -0.05) is 6.92 Å². The lowest BCUT2D eigenvalue weighted by atomic mass is 9.98. The van der Waals surface area contributed by atoms with Gasteiger partial charge in [-0.15, -0.1) is 0 Å². The molecule has 0 saturated carbocycles. The largest absolute Gasteiger partial charge is 0.337 e. The lowest BCUT2D eigenvalue weighted by molar-refractivity contribution is -0.133. The molecule has 1 N–H and O–H groups in total. The van der Waals surface area contributed by atoms with Gasteiger partial charge in [-0.3, -0.25) is 9.69 Å². The zero-order valence-electron chi connectivity index (χ0n) is 15.9. The Hall–Kier alpha value is -1.53. The van der Waals surface area contributed by atoms with E-state index in [2.05, 4.69) is 22.1 Å². The summed E-state index contributed by atoms with van der Waals surface area (Å²) in [5, 5.41) is 3.44. The molecular weight excluding hydrogens is 326 g/mol.